The third-order valence-electron chi connectivity index (χ3n) is 4.46. The number of para-hydroxylation sites is 1. The van der Waals surface area contributed by atoms with Crippen molar-refractivity contribution in [2.75, 3.05) is 0 Å². The van der Waals surface area contributed by atoms with E-state index in [4.69, 9.17) is 4.74 Å². The van der Waals surface area contributed by atoms with Gasteiger partial charge in [0.25, 0.3) is 0 Å². The number of aromatic nitrogens is 1. The predicted octanol–water partition coefficient (Wildman–Crippen LogP) is 5.56. The molecule has 0 fully saturated rings. The average Bonchev–Trinajstić information content (AvgIpc) is 2.79. The molecule has 4 rings (SSSR count). The van der Waals surface area contributed by atoms with Crippen molar-refractivity contribution in [1.29, 1.82) is 0 Å². The molecule has 0 saturated carbocycles. The van der Waals surface area contributed by atoms with Crippen LogP contribution in [0.5, 0.6) is 5.75 Å². The second-order valence-corrected chi connectivity index (χ2v) is 6.37. The number of hydrogen-bond acceptors (Lipinski definition) is 3. The standard InChI is InChI=1S/C25H19NO2/c27-24(20-12-5-2-6-13-20)22-15-9-14-21(23-16-7-8-17-26-23)25(22)28-18-19-10-3-1-4-11-19/h1-17H,18H2. The van der Waals surface area contributed by atoms with Gasteiger partial charge in [0, 0.05) is 17.3 Å². The number of ether oxygens (including phenoxy) is 1. The van der Waals surface area contributed by atoms with E-state index in [1.165, 1.54) is 0 Å². The van der Waals surface area contributed by atoms with Crippen molar-refractivity contribution in [3.8, 4) is 17.0 Å². The zero-order valence-corrected chi connectivity index (χ0v) is 15.3. The molecule has 3 heteroatoms. The molecule has 0 unspecified atom stereocenters. The molecule has 0 spiro atoms. The molecule has 0 radical (unpaired) electrons. The lowest BCUT2D eigenvalue weighted by molar-refractivity contribution is 0.103. The summed E-state index contributed by atoms with van der Waals surface area (Å²) in [6.45, 7) is 0.375. The van der Waals surface area contributed by atoms with Crippen LogP contribution in [-0.4, -0.2) is 10.8 Å². The largest absolute Gasteiger partial charge is 0.487 e. The van der Waals surface area contributed by atoms with Gasteiger partial charge >= 0.3 is 0 Å². The fourth-order valence-corrected chi connectivity index (χ4v) is 3.07. The van der Waals surface area contributed by atoms with E-state index in [1.54, 1.807) is 6.20 Å². The normalized spacial score (nSPS) is 10.4. The molecule has 0 bridgehead atoms. The number of carbonyl (C=O) groups excluding carboxylic acids is 1. The highest BCUT2D eigenvalue weighted by atomic mass is 16.5. The number of carbonyl (C=O) groups is 1. The Hall–Kier alpha value is -3.72. The summed E-state index contributed by atoms with van der Waals surface area (Å²) in [4.78, 5) is 17.6. The topological polar surface area (TPSA) is 39.2 Å². The summed E-state index contributed by atoms with van der Waals surface area (Å²) in [5.41, 5.74) is 3.78. The predicted molar refractivity (Wildman–Crippen MR) is 110 cm³/mol. The monoisotopic (exact) mass is 365 g/mol. The Bertz CT molecular complexity index is 1060. The zero-order valence-electron chi connectivity index (χ0n) is 15.3. The summed E-state index contributed by atoms with van der Waals surface area (Å²) in [6, 6.07) is 30.5. The van der Waals surface area contributed by atoms with Crippen molar-refractivity contribution in [3.05, 3.63) is 120 Å². The van der Waals surface area contributed by atoms with Crippen molar-refractivity contribution >= 4 is 5.78 Å². The number of rotatable bonds is 6. The maximum atomic E-state index is 13.2. The zero-order chi connectivity index (χ0) is 19.2. The smallest absolute Gasteiger partial charge is 0.196 e. The molecule has 0 N–H and O–H groups in total. The Morgan fingerprint density at radius 1 is 0.750 bits per heavy atom. The van der Waals surface area contributed by atoms with E-state index in [0.717, 1.165) is 16.8 Å². The SMILES string of the molecule is O=C(c1ccccc1)c1cccc(-c2ccccn2)c1OCc1ccccc1. The van der Waals surface area contributed by atoms with Gasteiger partial charge in [-0.3, -0.25) is 9.78 Å². The molecule has 4 aromatic rings. The lowest BCUT2D eigenvalue weighted by Gasteiger charge is -2.15. The second-order valence-electron chi connectivity index (χ2n) is 6.37. The Kier molecular flexibility index (Phi) is 5.25. The quantitative estimate of drug-likeness (QED) is 0.420. The molecule has 0 aliphatic carbocycles. The average molecular weight is 365 g/mol. The Morgan fingerprint density at radius 3 is 2.18 bits per heavy atom. The first-order valence-corrected chi connectivity index (χ1v) is 9.14. The fraction of sp³-hybridized carbons (Fsp3) is 0.0400. The van der Waals surface area contributed by atoms with E-state index >= 15 is 0 Å². The molecule has 3 aromatic carbocycles. The molecule has 0 aliphatic rings. The van der Waals surface area contributed by atoms with Gasteiger partial charge in [-0.05, 0) is 29.8 Å². The molecule has 0 saturated heterocycles. The summed E-state index contributed by atoms with van der Waals surface area (Å²) in [5, 5.41) is 0. The van der Waals surface area contributed by atoms with Crippen LogP contribution in [0.2, 0.25) is 0 Å². The van der Waals surface area contributed by atoms with E-state index < -0.39 is 0 Å². The van der Waals surface area contributed by atoms with E-state index in [-0.39, 0.29) is 5.78 Å². The molecule has 0 atom stereocenters. The maximum absolute atomic E-state index is 13.2. The second kappa shape index (κ2) is 8.31. The van der Waals surface area contributed by atoms with E-state index in [0.29, 0.717) is 23.5 Å². The molecular weight excluding hydrogens is 346 g/mol. The minimum atomic E-state index is -0.0681. The van der Waals surface area contributed by atoms with Crippen LogP contribution in [0.25, 0.3) is 11.3 Å². The lowest BCUT2D eigenvalue weighted by Crippen LogP contribution is -2.07. The minimum Gasteiger partial charge on any atom is -0.487 e. The van der Waals surface area contributed by atoms with Gasteiger partial charge in [-0.2, -0.15) is 0 Å². The van der Waals surface area contributed by atoms with Gasteiger partial charge < -0.3 is 4.74 Å². The van der Waals surface area contributed by atoms with E-state index in [1.807, 2.05) is 97.1 Å². The van der Waals surface area contributed by atoms with Crippen LogP contribution in [0.3, 0.4) is 0 Å². The van der Waals surface area contributed by atoms with Crippen LogP contribution in [0, 0.1) is 0 Å². The summed E-state index contributed by atoms with van der Waals surface area (Å²) >= 11 is 0. The molecule has 0 amide bonds. The van der Waals surface area contributed by atoms with Crippen LogP contribution < -0.4 is 4.74 Å². The summed E-state index contributed by atoms with van der Waals surface area (Å²) in [5.74, 6) is 0.486. The highest BCUT2D eigenvalue weighted by Gasteiger charge is 2.19. The van der Waals surface area contributed by atoms with Crippen molar-refractivity contribution in [3.63, 3.8) is 0 Å². The Morgan fingerprint density at radius 2 is 1.46 bits per heavy atom. The molecule has 136 valence electrons. The number of benzene rings is 3. The fourth-order valence-electron chi connectivity index (χ4n) is 3.07. The molecule has 28 heavy (non-hydrogen) atoms. The van der Waals surface area contributed by atoms with Crippen LogP contribution >= 0.6 is 0 Å². The minimum absolute atomic E-state index is 0.0681. The molecule has 3 nitrogen and oxygen atoms in total. The van der Waals surface area contributed by atoms with Crippen LogP contribution in [-0.2, 0) is 6.61 Å². The van der Waals surface area contributed by atoms with Crippen LogP contribution in [0.15, 0.2) is 103 Å². The van der Waals surface area contributed by atoms with Gasteiger partial charge in [0.05, 0.1) is 11.3 Å². The van der Waals surface area contributed by atoms with Gasteiger partial charge in [0.15, 0.2) is 5.78 Å². The Labute approximate surface area is 164 Å². The van der Waals surface area contributed by atoms with Crippen LogP contribution in [0.1, 0.15) is 21.5 Å². The molecular formula is C25H19NO2. The highest BCUT2D eigenvalue weighted by Crippen LogP contribution is 2.34. The van der Waals surface area contributed by atoms with Gasteiger partial charge in [0.2, 0.25) is 0 Å². The number of pyridine rings is 1. The van der Waals surface area contributed by atoms with Gasteiger partial charge in [-0.1, -0.05) is 72.8 Å². The maximum Gasteiger partial charge on any atom is 0.196 e. The first kappa shape index (κ1) is 17.7. The number of hydrogen-bond donors (Lipinski definition) is 0. The third kappa shape index (κ3) is 3.84. The molecule has 0 aliphatic heterocycles. The van der Waals surface area contributed by atoms with E-state index in [2.05, 4.69) is 4.98 Å². The van der Waals surface area contributed by atoms with Crippen LogP contribution in [0.4, 0.5) is 0 Å². The summed E-state index contributed by atoms with van der Waals surface area (Å²) in [6.07, 6.45) is 1.74. The third-order valence-corrected chi connectivity index (χ3v) is 4.46. The van der Waals surface area contributed by atoms with Gasteiger partial charge in [-0.25, -0.2) is 0 Å². The summed E-state index contributed by atoms with van der Waals surface area (Å²) < 4.78 is 6.19. The number of ketones is 1. The first-order valence-electron chi connectivity index (χ1n) is 9.14. The van der Waals surface area contributed by atoms with Crippen molar-refractivity contribution in [1.82, 2.24) is 4.98 Å². The van der Waals surface area contributed by atoms with Crippen molar-refractivity contribution < 1.29 is 9.53 Å². The Balaban J connectivity index is 1.78. The van der Waals surface area contributed by atoms with E-state index in [9.17, 15) is 4.79 Å². The highest BCUT2D eigenvalue weighted by molar-refractivity contribution is 6.11. The van der Waals surface area contributed by atoms with Crippen molar-refractivity contribution in [2.45, 2.75) is 6.61 Å². The van der Waals surface area contributed by atoms with Gasteiger partial charge in [-0.15, -0.1) is 0 Å². The summed E-state index contributed by atoms with van der Waals surface area (Å²) in [7, 11) is 0. The first-order chi connectivity index (χ1) is 13.8. The van der Waals surface area contributed by atoms with Gasteiger partial charge in [0.1, 0.15) is 12.4 Å². The number of nitrogens with zero attached hydrogens (tertiary/aromatic N) is 1. The molecule has 1 heterocycles. The lowest BCUT2D eigenvalue weighted by atomic mass is 9.98. The molecule has 1 aromatic heterocycles. The van der Waals surface area contributed by atoms with Crippen molar-refractivity contribution in [2.24, 2.45) is 0 Å².